The lowest BCUT2D eigenvalue weighted by molar-refractivity contribution is -0.150. The highest BCUT2D eigenvalue weighted by Crippen LogP contribution is 2.15. The van der Waals surface area contributed by atoms with E-state index >= 15 is 0 Å². The highest BCUT2D eigenvalue weighted by molar-refractivity contribution is 5.69. The lowest BCUT2D eigenvalue weighted by Crippen LogP contribution is -2.21. The van der Waals surface area contributed by atoms with Crippen LogP contribution in [-0.4, -0.2) is 37.7 Å². The molecular weight excluding hydrogens is 414 g/mol. The summed E-state index contributed by atoms with van der Waals surface area (Å²) in [7, 11) is 0. The molecule has 0 aromatic heterocycles. The first-order valence-electron chi connectivity index (χ1n) is 13.8. The first kappa shape index (κ1) is 31.6. The molecule has 0 saturated carbocycles. The average molecular weight is 468 g/mol. The third-order valence-corrected chi connectivity index (χ3v) is 5.76. The Morgan fingerprint density at radius 1 is 0.697 bits per heavy atom. The highest BCUT2D eigenvalue weighted by atomic mass is 16.5. The van der Waals surface area contributed by atoms with Gasteiger partial charge in [0.05, 0.1) is 0 Å². The van der Waals surface area contributed by atoms with Crippen LogP contribution in [0.1, 0.15) is 130 Å². The predicted molar refractivity (Wildman–Crippen MR) is 138 cm³/mol. The van der Waals surface area contributed by atoms with Gasteiger partial charge in [-0.25, -0.2) is 0 Å². The number of hydrogen-bond donors (Lipinski definition) is 1. The zero-order valence-electron chi connectivity index (χ0n) is 22.0. The van der Waals surface area contributed by atoms with E-state index in [1.807, 2.05) is 6.08 Å². The van der Waals surface area contributed by atoms with Crippen LogP contribution in [0.5, 0.6) is 0 Å². The number of ether oxygens (including phenoxy) is 2. The maximum absolute atomic E-state index is 12.2. The van der Waals surface area contributed by atoms with Crippen LogP contribution < -0.4 is 5.32 Å². The smallest absolute Gasteiger partial charge is 0.306 e. The van der Waals surface area contributed by atoms with E-state index in [9.17, 15) is 9.59 Å². The van der Waals surface area contributed by atoms with E-state index in [1.54, 1.807) is 0 Å². The molecule has 33 heavy (non-hydrogen) atoms. The lowest BCUT2D eigenvalue weighted by Gasteiger charge is -2.18. The minimum absolute atomic E-state index is 0.0724. The van der Waals surface area contributed by atoms with E-state index < -0.39 is 0 Å². The van der Waals surface area contributed by atoms with Gasteiger partial charge in [0.25, 0.3) is 0 Å². The third kappa shape index (κ3) is 23.6. The monoisotopic (exact) mass is 467 g/mol. The molecule has 5 heteroatoms. The molecule has 0 atom stereocenters. The maximum Gasteiger partial charge on any atom is 0.306 e. The minimum atomic E-state index is -0.145. The molecule has 0 amide bonds. The van der Waals surface area contributed by atoms with Gasteiger partial charge < -0.3 is 14.8 Å². The number of hydrogen-bond acceptors (Lipinski definition) is 5. The van der Waals surface area contributed by atoms with Crippen LogP contribution in [-0.2, 0) is 19.1 Å². The summed E-state index contributed by atoms with van der Waals surface area (Å²) in [5.41, 5.74) is 0. The number of carbonyl (C=O) groups is 2. The Morgan fingerprint density at radius 3 is 1.88 bits per heavy atom. The Bertz CT molecular complexity index is 469. The van der Waals surface area contributed by atoms with Crippen molar-refractivity contribution in [1.29, 1.82) is 0 Å². The summed E-state index contributed by atoms with van der Waals surface area (Å²) in [5.74, 6) is -0.218. The van der Waals surface area contributed by atoms with Crippen LogP contribution in [0.2, 0.25) is 0 Å². The molecule has 1 N–H and O–H groups in total. The molecule has 0 aromatic rings. The van der Waals surface area contributed by atoms with Crippen molar-refractivity contribution in [3.63, 3.8) is 0 Å². The van der Waals surface area contributed by atoms with Crippen molar-refractivity contribution in [3.05, 3.63) is 12.2 Å². The van der Waals surface area contributed by atoms with Crippen molar-refractivity contribution in [3.8, 4) is 0 Å². The number of carbonyl (C=O) groups excluding carboxylic acids is 2. The van der Waals surface area contributed by atoms with E-state index in [1.165, 1.54) is 51.4 Å². The van der Waals surface area contributed by atoms with Crippen molar-refractivity contribution < 1.29 is 19.1 Å². The predicted octanol–water partition coefficient (Wildman–Crippen LogP) is 7.28. The molecule has 0 rings (SSSR count). The highest BCUT2D eigenvalue weighted by Gasteiger charge is 2.13. The summed E-state index contributed by atoms with van der Waals surface area (Å²) in [6, 6.07) is 0. The molecular formula is C28H53NO4. The summed E-state index contributed by atoms with van der Waals surface area (Å²) in [4.78, 5) is 23.9. The van der Waals surface area contributed by atoms with Crippen LogP contribution in [0.3, 0.4) is 0 Å². The van der Waals surface area contributed by atoms with E-state index in [0.29, 0.717) is 19.4 Å². The molecule has 0 aromatic carbocycles. The molecule has 0 fully saturated rings. The molecule has 0 aliphatic rings. The van der Waals surface area contributed by atoms with Gasteiger partial charge in [-0.05, 0) is 64.5 Å². The van der Waals surface area contributed by atoms with Gasteiger partial charge in [0.1, 0.15) is 12.7 Å². The van der Waals surface area contributed by atoms with Crippen molar-refractivity contribution in [2.24, 2.45) is 0 Å². The van der Waals surface area contributed by atoms with Gasteiger partial charge in [0, 0.05) is 12.8 Å². The lowest BCUT2D eigenvalue weighted by atomic mass is 10.0. The van der Waals surface area contributed by atoms with Crippen LogP contribution in [0.15, 0.2) is 12.2 Å². The van der Waals surface area contributed by atoms with Crippen LogP contribution >= 0.6 is 0 Å². The normalized spacial score (nSPS) is 11.4. The number of rotatable bonds is 24. The topological polar surface area (TPSA) is 64.6 Å². The number of nitrogens with one attached hydrogen (secondary N) is 1. The van der Waals surface area contributed by atoms with Gasteiger partial charge in [-0.1, -0.05) is 77.9 Å². The SMILES string of the molecule is CCCCCC/C=C\COC(=O)CCCNCCCC(=O)OC(CCCCC)CCCCC. The van der Waals surface area contributed by atoms with Crippen LogP contribution in [0.25, 0.3) is 0 Å². The first-order valence-corrected chi connectivity index (χ1v) is 13.8. The van der Waals surface area contributed by atoms with Crippen molar-refractivity contribution in [1.82, 2.24) is 5.32 Å². The van der Waals surface area contributed by atoms with Gasteiger partial charge in [-0.3, -0.25) is 9.59 Å². The van der Waals surface area contributed by atoms with E-state index in [-0.39, 0.29) is 18.0 Å². The summed E-state index contributed by atoms with van der Waals surface area (Å²) < 4.78 is 11.0. The Kier molecular flexibility index (Phi) is 24.2. The second-order valence-electron chi connectivity index (χ2n) is 9.06. The largest absolute Gasteiger partial charge is 0.462 e. The fourth-order valence-corrected chi connectivity index (χ4v) is 3.68. The zero-order chi connectivity index (χ0) is 24.4. The minimum Gasteiger partial charge on any atom is -0.462 e. The van der Waals surface area contributed by atoms with Crippen LogP contribution in [0, 0.1) is 0 Å². The second-order valence-corrected chi connectivity index (χ2v) is 9.06. The summed E-state index contributed by atoms with van der Waals surface area (Å²) in [6.45, 7) is 8.50. The molecule has 0 aliphatic heterocycles. The molecule has 0 unspecified atom stereocenters. The number of allylic oxidation sites excluding steroid dienone is 1. The Morgan fingerprint density at radius 2 is 1.27 bits per heavy atom. The fraction of sp³-hybridized carbons (Fsp3) is 0.857. The quantitative estimate of drug-likeness (QED) is 0.0918. The Labute approximate surface area is 204 Å². The van der Waals surface area contributed by atoms with Crippen molar-refractivity contribution in [2.75, 3.05) is 19.7 Å². The summed E-state index contributed by atoms with van der Waals surface area (Å²) in [5, 5.41) is 3.30. The number of esters is 2. The molecule has 0 bridgehead atoms. The van der Waals surface area contributed by atoms with E-state index in [4.69, 9.17) is 9.47 Å². The summed E-state index contributed by atoms with van der Waals surface area (Å²) in [6.07, 6.45) is 21.7. The van der Waals surface area contributed by atoms with E-state index in [2.05, 4.69) is 32.2 Å². The average Bonchev–Trinajstić information content (AvgIpc) is 2.80. The van der Waals surface area contributed by atoms with Crippen molar-refractivity contribution in [2.45, 2.75) is 136 Å². The first-order chi connectivity index (χ1) is 16.1. The molecule has 0 heterocycles. The molecule has 5 nitrogen and oxygen atoms in total. The fourth-order valence-electron chi connectivity index (χ4n) is 3.68. The van der Waals surface area contributed by atoms with Gasteiger partial charge in [-0.2, -0.15) is 0 Å². The van der Waals surface area contributed by atoms with E-state index in [0.717, 1.165) is 58.0 Å². The third-order valence-electron chi connectivity index (χ3n) is 5.76. The van der Waals surface area contributed by atoms with Gasteiger partial charge >= 0.3 is 11.9 Å². The standard InChI is InChI=1S/C28H53NO4/c1-4-7-10-11-12-13-16-25-32-27(30)21-17-23-29-24-18-22-28(31)33-26(19-14-8-5-2)20-15-9-6-3/h13,16,26,29H,4-12,14-15,17-25H2,1-3H3/b16-13-. The number of unbranched alkanes of at least 4 members (excludes halogenated alkanes) is 8. The van der Waals surface area contributed by atoms with Gasteiger partial charge in [-0.15, -0.1) is 0 Å². The molecule has 0 aliphatic carbocycles. The Hall–Kier alpha value is -1.36. The maximum atomic E-state index is 12.2. The molecule has 0 spiro atoms. The second kappa shape index (κ2) is 25.3. The van der Waals surface area contributed by atoms with Gasteiger partial charge in [0.15, 0.2) is 0 Å². The van der Waals surface area contributed by atoms with Gasteiger partial charge in [0.2, 0.25) is 0 Å². The molecule has 0 radical (unpaired) electrons. The summed E-state index contributed by atoms with van der Waals surface area (Å²) >= 11 is 0. The zero-order valence-corrected chi connectivity index (χ0v) is 22.0. The van der Waals surface area contributed by atoms with Crippen LogP contribution in [0.4, 0.5) is 0 Å². The molecule has 0 saturated heterocycles. The van der Waals surface area contributed by atoms with Crippen molar-refractivity contribution >= 4 is 11.9 Å². The molecule has 194 valence electrons. The Balaban J connectivity index is 3.69.